The van der Waals surface area contributed by atoms with Gasteiger partial charge in [-0.2, -0.15) is 0 Å². The van der Waals surface area contributed by atoms with E-state index in [0.29, 0.717) is 5.75 Å². The van der Waals surface area contributed by atoms with Gasteiger partial charge in [-0.3, -0.25) is 4.90 Å². The highest BCUT2D eigenvalue weighted by Crippen LogP contribution is 2.66. The Hall–Kier alpha value is -1.52. The van der Waals surface area contributed by atoms with Crippen LogP contribution in [0, 0.1) is 5.92 Å². The molecule has 6 rings (SSSR count). The maximum Gasteiger partial charge on any atom is 0.166 e. The third kappa shape index (κ3) is 1.57. The van der Waals surface area contributed by atoms with E-state index >= 15 is 0 Å². The van der Waals surface area contributed by atoms with Gasteiger partial charge in [0.25, 0.3) is 0 Å². The van der Waals surface area contributed by atoms with E-state index in [0.717, 1.165) is 55.8 Å². The van der Waals surface area contributed by atoms with E-state index in [2.05, 4.69) is 11.5 Å². The Morgan fingerprint density at radius 3 is 2.92 bits per heavy atom. The van der Waals surface area contributed by atoms with Gasteiger partial charge in [0.2, 0.25) is 0 Å². The zero-order valence-corrected chi connectivity index (χ0v) is 14.5. The molecule has 2 saturated carbocycles. The van der Waals surface area contributed by atoms with E-state index in [1.807, 2.05) is 6.07 Å². The Balaban J connectivity index is 1.58. The van der Waals surface area contributed by atoms with Crippen molar-refractivity contribution in [2.75, 3.05) is 13.1 Å². The van der Waals surface area contributed by atoms with Crippen molar-refractivity contribution < 1.29 is 14.9 Å². The van der Waals surface area contributed by atoms with Gasteiger partial charge in [0.05, 0.1) is 11.0 Å². The Morgan fingerprint density at radius 1 is 1.28 bits per heavy atom. The summed E-state index contributed by atoms with van der Waals surface area (Å²) in [5.41, 5.74) is 2.21. The summed E-state index contributed by atoms with van der Waals surface area (Å²) >= 11 is 0. The van der Waals surface area contributed by atoms with E-state index in [1.165, 1.54) is 18.4 Å². The Morgan fingerprint density at radius 2 is 2.12 bits per heavy atom. The second kappa shape index (κ2) is 4.41. The molecule has 0 aromatic heterocycles. The van der Waals surface area contributed by atoms with Crippen LogP contribution in [0.5, 0.6) is 11.5 Å². The molecular weight excluding hydrogens is 314 g/mol. The predicted molar refractivity (Wildman–Crippen MR) is 93.9 cm³/mol. The number of nitrogens with zero attached hydrogens (tertiary/aromatic N) is 1. The van der Waals surface area contributed by atoms with Crippen LogP contribution in [0.4, 0.5) is 0 Å². The van der Waals surface area contributed by atoms with Gasteiger partial charge >= 0.3 is 0 Å². The average Bonchev–Trinajstić information content (AvgIpc) is 3.32. The van der Waals surface area contributed by atoms with Gasteiger partial charge in [0.15, 0.2) is 11.5 Å². The summed E-state index contributed by atoms with van der Waals surface area (Å²) in [6.07, 6.45) is 5.79. The average molecular weight is 339 g/mol. The number of hydrogen-bond acceptors (Lipinski definition) is 4. The molecule has 1 aromatic rings. The lowest BCUT2D eigenvalue weighted by Crippen LogP contribution is -2.75. The standard InChI is InChI=1S/C21H25NO3/c1-12-6-7-21(24)16-10-14-4-5-15(23)18-17(14)20(21,19(12)25-18)8-9-22(16)11-13-2-3-13/h4-5,13,16,19,23-24H,1-3,6-11H2/t16-,19-,20-,21-/m0/s1. The smallest absolute Gasteiger partial charge is 0.166 e. The van der Waals surface area contributed by atoms with E-state index < -0.39 is 11.0 Å². The van der Waals surface area contributed by atoms with Crippen molar-refractivity contribution in [2.45, 2.75) is 61.7 Å². The summed E-state index contributed by atoms with van der Waals surface area (Å²) in [6.45, 7) is 6.40. The van der Waals surface area contributed by atoms with Crippen molar-refractivity contribution in [3.8, 4) is 11.5 Å². The molecule has 2 N–H and O–H groups in total. The molecule has 0 unspecified atom stereocenters. The highest BCUT2D eigenvalue weighted by Gasteiger charge is 2.71. The summed E-state index contributed by atoms with van der Waals surface area (Å²) in [5, 5.41) is 22.5. The number of phenols is 1. The fraction of sp³-hybridized carbons (Fsp3) is 0.619. The summed E-state index contributed by atoms with van der Waals surface area (Å²) in [5.74, 6) is 1.64. The number of rotatable bonds is 2. The number of piperidine rings is 1. The molecule has 4 atom stereocenters. The van der Waals surface area contributed by atoms with Crippen LogP contribution >= 0.6 is 0 Å². The number of aromatic hydroxyl groups is 1. The molecule has 1 spiro atoms. The van der Waals surface area contributed by atoms with Crippen molar-refractivity contribution in [3.05, 3.63) is 35.4 Å². The number of phenolic OH excluding ortho intramolecular Hbond substituents is 1. The topological polar surface area (TPSA) is 52.9 Å². The number of likely N-dealkylation sites (tertiary alicyclic amines) is 1. The molecule has 5 aliphatic rings. The zero-order chi connectivity index (χ0) is 17.0. The Bertz CT molecular complexity index is 801. The number of aliphatic hydroxyl groups is 1. The molecule has 0 radical (unpaired) electrons. The number of hydrogen-bond donors (Lipinski definition) is 2. The normalized spacial score (nSPS) is 41.4. The largest absolute Gasteiger partial charge is 0.504 e. The molecular formula is C21H25NO3. The number of benzene rings is 1. The van der Waals surface area contributed by atoms with Gasteiger partial charge in [-0.15, -0.1) is 0 Å². The molecule has 132 valence electrons. The van der Waals surface area contributed by atoms with Crippen LogP contribution in [0.25, 0.3) is 0 Å². The molecule has 1 aromatic carbocycles. The molecule has 2 bridgehead atoms. The summed E-state index contributed by atoms with van der Waals surface area (Å²) in [4.78, 5) is 2.56. The van der Waals surface area contributed by atoms with Crippen LogP contribution in [0.15, 0.2) is 24.3 Å². The van der Waals surface area contributed by atoms with Crippen LogP contribution in [0.1, 0.15) is 43.2 Å². The second-order valence-corrected chi connectivity index (χ2v) is 8.91. The first-order valence-electron chi connectivity index (χ1n) is 9.71. The molecule has 2 heterocycles. The van der Waals surface area contributed by atoms with Crippen molar-refractivity contribution in [1.29, 1.82) is 0 Å². The monoisotopic (exact) mass is 339 g/mol. The fourth-order valence-electron chi connectivity index (χ4n) is 6.39. The van der Waals surface area contributed by atoms with Crippen molar-refractivity contribution in [1.82, 2.24) is 4.90 Å². The van der Waals surface area contributed by atoms with E-state index in [9.17, 15) is 10.2 Å². The van der Waals surface area contributed by atoms with Gasteiger partial charge in [0.1, 0.15) is 6.10 Å². The van der Waals surface area contributed by atoms with E-state index in [1.54, 1.807) is 6.07 Å². The van der Waals surface area contributed by atoms with Crippen LogP contribution in [0.3, 0.4) is 0 Å². The zero-order valence-electron chi connectivity index (χ0n) is 14.5. The maximum atomic E-state index is 12.1. The fourth-order valence-corrected chi connectivity index (χ4v) is 6.39. The van der Waals surface area contributed by atoms with Crippen molar-refractivity contribution in [3.63, 3.8) is 0 Å². The van der Waals surface area contributed by atoms with Crippen LogP contribution in [0.2, 0.25) is 0 Å². The molecule has 25 heavy (non-hydrogen) atoms. The van der Waals surface area contributed by atoms with E-state index in [4.69, 9.17) is 4.74 Å². The van der Waals surface area contributed by atoms with Crippen molar-refractivity contribution in [2.24, 2.45) is 5.92 Å². The SMILES string of the molecule is C=C1CC[C@]2(O)[C@@H]3Cc4ccc(O)c5c4[C@@]2(CCN3CC2CC2)[C@H]1O5. The van der Waals surface area contributed by atoms with Gasteiger partial charge in [-0.05, 0) is 68.2 Å². The van der Waals surface area contributed by atoms with Gasteiger partial charge in [0, 0.05) is 18.2 Å². The predicted octanol–water partition coefficient (Wildman–Crippen LogP) is 2.51. The minimum Gasteiger partial charge on any atom is -0.504 e. The first-order chi connectivity index (χ1) is 12.0. The van der Waals surface area contributed by atoms with Crippen LogP contribution in [-0.2, 0) is 11.8 Å². The molecule has 4 heteroatoms. The lowest BCUT2D eigenvalue weighted by atomic mass is 9.48. The summed E-state index contributed by atoms with van der Waals surface area (Å²) < 4.78 is 6.29. The quantitative estimate of drug-likeness (QED) is 0.813. The van der Waals surface area contributed by atoms with Crippen LogP contribution in [-0.4, -0.2) is 45.9 Å². The first kappa shape index (κ1) is 14.6. The lowest BCUT2D eigenvalue weighted by molar-refractivity contribution is -0.174. The third-order valence-electron chi connectivity index (χ3n) is 7.71. The Labute approximate surface area is 148 Å². The lowest BCUT2D eigenvalue weighted by Gasteiger charge is -2.63. The maximum absolute atomic E-state index is 12.1. The minimum atomic E-state index is -0.780. The molecule has 3 fully saturated rings. The molecule has 2 aliphatic heterocycles. The molecule has 1 saturated heterocycles. The van der Waals surface area contributed by atoms with Crippen LogP contribution < -0.4 is 4.74 Å². The third-order valence-corrected chi connectivity index (χ3v) is 7.71. The van der Waals surface area contributed by atoms with Crippen molar-refractivity contribution >= 4 is 0 Å². The molecule has 0 amide bonds. The highest BCUT2D eigenvalue weighted by molar-refractivity contribution is 5.63. The highest BCUT2D eigenvalue weighted by atomic mass is 16.5. The second-order valence-electron chi connectivity index (χ2n) is 8.91. The first-order valence-corrected chi connectivity index (χ1v) is 9.71. The van der Waals surface area contributed by atoms with Gasteiger partial charge in [-0.1, -0.05) is 12.6 Å². The summed E-state index contributed by atoms with van der Waals surface area (Å²) in [7, 11) is 0. The Kier molecular flexibility index (Phi) is 2.58. The van der Waals surface area contributed by atoms with Gasteiger partial charge < -0.3 is 14.9 Å². The summed E-state index contributed by atoms with van der Waals surface area (Å²) in [6, 6.07) is 3.96. The molecule has 3 aliphatic carbocycles. The molecule has 4 nitrogen and oxygen atoms in total. The van der Waals surface area contributed by atoms with Gasteiger partial charge in [-0.25, -0.2) is 0 Å². The van der Waals surface area contributed by atoms with E-state index in [-0.39, 0.29) is 17.9 Å². The number of ether oxygens (including phenoxy) is 1. The minimum absolute atomic E-state index is 0.157.